The molecule has 0 fully saturated rings. The maximum absolute atomic E-state index is 12.9. The SMILES string of the molecule is O=C(c1ccccc1)N1CCCc2cc(S(=O)(=O)Nc3ccc(Cl)cc3)ccc21. The van der Waals surface area contributed by atoms with Crippen LogP contribution < -0.4 is 9.62 Å². The molecule has 1 aliphatic rings. The average Bonchev–Trinajstić information content (AvgIpc) is 2.74. The zero-order valence-corrected chi connectivity index (χ0v) is 17.1. The van der Waals surface area contributed by atoms with Gasteiger partial charge in [0.1, 0.15) is 0 Å². The van der Waals surface area contributed by atoms with Gasteiger partial charge >= 0.3 is 0 Å². The Balaban J connectivity index is 1.63. The number of sulfonamides is 1. The average molecular weight is 427 g/mol. The number of rotatable bonds is 4. The molecule has 0 bridgehead atoms. The number of carbonyl (C=O) groups is 1. The first-order valence-electron chi connectivity index (χ1n) is 9.22. The van der Waals surface area contributed by atoms with Gasteiger partial charge in [-0.2, -0.15) is 0 Å². The molecule has 0 spiro atoms. The predicted molar refractivity (Wildman–Crippen MR) is 115 cm³/mol. The van der Waals surface area contributed by atoms with Crippen molar-refractivity contribution in [3.8, 4) is 0 Å². The topological polar surface area (TPSA) is 66.5 Å². The van der Waals surface area contributed by atoms with Gasteiger partial charge in [-0.25, -0.2) is 8.42 Å². The molecule has 7 heteroatoms. The number of fused-ring (bicyclic) bond motifs is 1. The van der Waals surface area contributed by atoms with Crippen molar-refractivity contribution in [2.45, 2.75) is 17.7 Å². The van der Waals surface area contributed by atoms with Gasteiger partial charge in [0.25, 0.3) is 15.9 Å². The third-order valence-electron chi connectivity index (χ3n) is 4.84. The van der Waals surface area contributed by atoms with Crippen LogP contribution in [0, 0.1) is 0 Å². The second-order valence-electron chi connectivity index (χ2n) is 6.83. The van der Waals surface area contributed by atoms with Gasteiger partial charge in [-0.05, 0) is 73.0 Å². The number of hydrogen-bond donors (Lipinski definition) is 1. The molecule has 1 amide bonds. The van der Waals surface area contributed by atoms with Crippen LogP contribution in [0.4, 0.5) is 11.4 Å². The minimum Gasteiger partial charge on any atom is -0.308 e. The van der Waals surface area contributed by atoms with E-state index in [1.165, 1.54) is 6.07 Å². The molecule has 5 nitrogen and oxygen atoms in total. The Kier molecular flexibility index (Phi) is 5.30. The molecule has 1 heterocycles. The van der Waals surface area contributed by atoms with Crippen LogP contribution in [0.2, 0.25) is 5.02 Å². The van der Waals surface area contributed by atoms with E-state index in [2.05, 4.69) is 4.72 Å². The summed E-state index contributed by atoms with van der Waals surface area (Å²) in [5.74, 6) is -0.0820. The molecule has 3 aromatic carbocycles. The molecule has 148 valence electrons. The van der Waals surface area contributed by atoms with Crippen molar-refractivity contribution in [2.75, 3.05) is 16.2 Å². The Morgan fingerprint density at radius 1 is 0.966 bits per heavy atom. The molecular formula is C22H19ClN2O3S. The first-order chi connectivity index (χ1) is 13.9. The van der Waals surface area contributed by atoms with Crippen LogP contribution in [-0.2, 0) is 16.4 Å². The molecule has 3 aromatic rings. The first-order valence-corrected chi connectivity index (χ1v) is 11.1. The monoisotopic (exact) mass is 426 g/mol. The molecule has 0 unspecified atom stereocenters. The number of amides is 1. The molecule has 0 saturated carbocycles. The quantitative estimate of drug-likeness (QED) is 0.655. The number of hydrogen-bond acceptors (Lipinski definition) is 3. The number of benzene rings is 3. The van der Waals surface area contributed by atoms with E-state index in [0.29, 0.717) is 22.8 Å². The Bertz CT molecular complexity index is 1150. The van der Waals surface area contributed by atoms with Gasteiger partial charge in [-0.3, -0.25) is 9.52 Å². The molecule has 1 aliphatic heterocycles. The van der Waals surface area contributed by atoms with E-state index < -0.39 is 10.0 Å². The second-order valence-corrected chi connectivity index (χ2v) is 8.95. The Hall–Kier alpha value is -2.83. The van der Waals surface area contributed by atoms with Crippen LogP contribution in [0.5, 0.6) is 0 Å². The van der Waals surface area contributed by atoms with Crippen LogP contribution in [-0.4, -0.2) is 20.9 Å². The zero-order valence-electron chi connectivity index (χ0n) is 15.5. The van der Waals surface area contributed by atoms with Crippen molar-refractivity contribution in [1.82, 2.24) is 0 Å². The van der Waals surface area contributed by atoms with E-state index in [9.17, 15) is 13.2 Å². The number of aryl methyl sites for hydroxylation is 1. The number of halogens is 1. The lowest BCUT2D eigenvalue weighted by Crippen LogP contribution is -2.35. The van der Waals surface area contributed by atoms with Gasteiger partial charge in [-0.15, -0.1) is 0 Å². The molecular weight excluding hydrogens is 408 g/mol. The van der Waals surface area contributed by atoms with Crippen LogP contribution in [0.15, 0.2) is 77.7 Å². The van der Waals surface area contributed by atoms with Crippen molar-refractivity contribution in [3.05, 3.63) is 88.9 Å². The predicted octanol–water partition coefficient (Wildman–Crippen LogP) is 4.73. The summed E-state index contributed by atoms with van der Waals surface area (Å²) in [5, 5.41) is 0.532. The van der Waals surface area contributed by atoms with E-state index in [1.54, 1.807) is 53.4 Å². The van der Waals surface area contributed by atoms with Gasteiger partial charge in [0.15, 0.2) is 0 Å². The molecule has 0 aromatic heterocycles. The lowest BCUT2D eigenvalue weighted by atomic mass is 10.0. The molecule has 1 N–H and O–H groups in total. The highest BCUT2D eigenvalue weighted by molar-refractivity contribution is 7.92. The van der Waals surface area contributed by atoms with Crippen LogP contribution in [0.3, 0.4) is 0 Å². The highest BCUT2D eigenvalue weighted by atomic mass is 35.5. The first kappa shape index (κ1) is 19.5. The summed E-state index contributed by atoms with van der Waals surface area (Å²) in [6.45, 7) is 0.607. The molecule has 0 radical (unpaired) electrons. The maximum Gasteiger partial charge on any atom is 0.261 e. The van der Waals surface area contributed by atoms with E-state index in [-0.39, 0.29) is 10.8 Å². The Morgan fingerprint density at radius 2 is 1.69 bits per heavy atom. The maximum atomic E-state index is 12.9. The third-order valence-corrected chi connectivity index (χ3v) is 6.47. The minimum absolute atomic E-state index is 0.0820. The van der Waals surface area contributed by atoms with Gasteiger partial charge in [0.2, 0.25) is 0 Å². The van der Waals surface area contributed by atoms with E-state index in [1.807, 2.05) is 18.2 Å². The number of anilines is 2. The third kappa shape index (κ3) is 4.13. The summed E-state index contributed by atoms with van der Waals surface area (Å²) in [5.41, 5.74) is 2.66. The highest BCUT2D eigenvalue weighted by Gasteiger charge is 2.25. The van der Waals surface area contributed by atoms with Gasteiger partial charge < -0.3 is 4.90 Å². The lowest BCUT2D eigenvalue weighted by Gasteiger charge is -2.30. The fourth-order valence-corrected chi connectivity index (χ4v) is 4.66. The van der Waals surface area contributed by atoms with Crippen molar-refractivity contribution >= 4 is 38.9 Å². The zero-order chi connectivity index (χ0) is 20.4. The largest absolute Gasteiger partial charge is 0.308 e. The Morgan fingerprint density at radius 3 is 2.41 bits per heavy atom. The van der Waals surface area contributed by atoms with E-state index >= 15 is 0 Å². The Labute approximate surface area is 175 Å². The van der Waals surface area contributed by atoms with Crippen molar-refractivity contribution in [2.24, 2.45) is 0 Å². The molecule has 0 atom stereocenters. The number of nitrogens with one attached hydrogen (secondary N) is 1. The fraction of sp³-hybridized carbons (Fsp3) is 0.136. The van der Waals surface area contributed by atoms with Crippen LogP contribution in [0.1, 0.15) is 22.3 Å². The summed E-state index contributed by atoms with van der Waals surface area (Å²) in [4.78, 5) is 14.8. The second kappa shape index (κ2) is 7.89. The lowest BCUT2D eigenvalue weighted by molar-refractivity contribution is 0.0985. The van der Waals surface area contributed by atoms with Gasteiger partial charge in [-0.1, -0.05) is 29.8 Å². The summed E-state index contributed by atoms with van der Waals surface area (Å²) in [6.07, 6.45) is 1.50. The van der Waals surface area contributed by atoms with Gasteiger partial charge in [0.05, 0.1) is 4.90 Å². The summed E-state index contributed by atoms with van der Waals surface area (Å²) >= 11 is 5.85. The smallest absolute Gasteiger partial charge is 0.261 e. The minimum atomic E-state index is -3.75. The normalized spacial score (nSPS) is 13.6. The van der Waals surface area contributed by atoms with Crippen LogP contribution >= 0.6 is 11.6 Å². The van der Waals surface area contributed by atoms with Crippen LogP contribution in [0.25, 0.3) is 0 Å². The van der Waals surface area contributed by atoms with Crippen molar-refractivity contribution in [3.63, 3.8) is 0 Å². The molecule has 29 heavy (non-hydrogen) atoms. The molecule has 0 aliphatic carbocycles. The number of nitrogens with zero attached hydrogens (tertiary/aromatic N) is 1. The molecule has 0 saturated heterocycles. The highest BCUT2D eigenvalue weighted by Crippen LogP contribution is 2.31. The summed E-state index contributed by atoms with van der Waals surface area (Å²) < 4.78 is 28.1. The fourth-order valence-electron chi connectivity index (χ4n) is 3.42. The van der Waals surface area contributed by atoms with E-state index in [0.717, 1.165) is 24.1 Å². The van der Waals surface area contributed by atoms with Crippen molar-refractivity contribution < 1.29 is 13.2 Å². The number of carbonyl (C=O) groups excluding carboxylic acids is 1. The standard InChI is InChI=1S/C22H19ClN2O3S/c23-18-8-10-19(11-9-18)24-29(27,28)20-12-13-21-17(15-20)7-4-14-25(21)22(26)16-5-2-1-3-6-16/h1-3,5-6,8-13,15,24H,4,7,14H2. The summed E-state index contributed by atoms with van der Waals surface area (Å²) in [6, 6.07) is 20.5. The van der Waals surface area contributed by atoms with Gasteiger partial charge in [0, 0.05) is 28.5 Å². The summed E-state index contributed by atoms with van der Waals surface area (Å²) in [7, 11) is -3.75. The van der Waals surface area contributed by atoms with E-state index in [4.69, 9.17) is 11.6 Å². The molecule has 4 rings (SSSR count). The van der Waals surface area contributed by atoms with Crippen molar-refractivity contribution in [1.29, 1.82) is 0 Å².